The molecule has 1 fully saturated rings. The first-order valence-electron chi connectivity index (χ1n) is 7.93. The third-order valence-electron chi connectivity index (χ3n) is 4.42. The Morgan fingerprint density at radius 1 is 0.958 bits per heavy atom. The van der Waals surface area contributed by atoms with Gasteiger partial charge in [-0.3, -0.25) is 0 Å². The van der Waals surface area contributed by atoms with Crippen molar-refractivity contribution in [2.45, 2.75) is 19.0 Å². The summed E-state index contributed by atoms with van der Waals surface area (Å²) >= 11 is 0. The molecule has 1 aromatic heterocycles. The number of halogens is 3. The monoisotopic (exact) mass is 331 g/mol. The largest absolute Gasteiger partial charge is 0.416 e. The summed E-state index contributed by atoms with van der Waals surface area (Å²) in [6, 6.07) is 11.5. The highest BCUT2D eigenvalue weighted by molar-refractivity contribution is 5.80. The van der Waals surface area contributed by atoms with Crippen LogP contribution in [-0.2, 0) is 6.18 Å². The van der Waals surface area contributed by atoms with Gasteiger partial charge >= 0.3 is 6.18 Å². The molecule has 24 heavy (non-hydrogen) atoms. The molecule has 124 valence electrons. The van der Waals surface area contributed by atoms with Crippen LogP contribution >= 0.6 is 0 Å². The van der Waals surface area contributed by atoms with E-state index in [0.717, 1.165) is 30.8 Å². The van der Waals surface area contributed by atoms with Crippen molar-refractivity contribution in [3.63, 3.8) is 0 Å². The zero-order valence-corrected chi connectivity index (χ0v) is 12.9. The third-order valence-corrected chi connectivity index (χ3v) is 4.42. The molecule has 1 aliphatic heterocycles. The van der Waals surface area contributed by atoms with Crippen molar-refractivity contribution in [3.05, 3.63) is 48.0 Å². The molecule has 0 radical (unpaired) electrons. The standard InChI is InChI=1S/C18H16F3N3/c19-18(20,21)13-5-8-15-16(11-13)23-17(22-15)12-3-6-14(7-4-12)24-9-1-2-10-24/h3-8,11H,1-2,9-10H2,(H,22,23). The fourth-order valence-corrected chi connectivity index (χ4v) is 3.13. The van der Waals surface area contributed by atoms with Crippen molar-refractivity contribution < 1.29 is 13.2 Å². The first kappa shape index (κ1) is 15.1. The second-order valence-electron chi connectivity index (χ2n) is 6.06. The molecule has 1 aliphatic rings. The van der Waals surface area contributed by atoms with Gasteiger partial charge in [-0.15, -0.1) is 0 Å². The second-order valence-corrected chi connectivity index (χ2v) is 6.06. The quantitative estimate of drug-likeness (QED) is 0.728. The number of alkyl halides is 3. The van der Waals surface area contributed by atoms with E-state index >= 15 is 0 Å². The Balaban J connectivity index is 1.66. The molecule has 3 aromatic rings. The Kier molecular flexibility index (Phi) is 3.48. The van der Waals surface area contributed by atoms with E-state index in [1.807, 2.05) is 24.3 Å². The highest BCUT2D eigenvalue weighted by Gasteiger charge is 2.30. The lowest BCUT2D eigenvalue weighted by Crippen LogP contribution is -2.17. The number of aromatic amines is 1. The molecule has 2 heterocycles. The third kappa shape index (κ3) is 2.72. The lowest BCUT2D eigenvalue weighted by Gasteiger charge is -2.17. The van der Waals surface area contributed by atoms with Gasteiger partial charge in [0, 0.05) is 24.3 Å². The number of fused-ring (bicyclic) bond motifs is 1. The Hall–Kier alpha value is -2.50. The van der Waals surface area contributed by atoms with Gasteiger partial charge in [0.05, 0.1) is 16.6 Å². The summed E-state index contributed by atoms with van der Waals surface area (Å²) in [6.07, 6.45) is -1.92. The van der Waals surface area contributed by atoms with E-state index in [2.05, 4.69) is 14.9 Å². The molecule has 4 rings (SSSR count). The van der Waals surface area contributed by atoms with E-state index in [1.165, 1.54) is 24.6 Å². The van der Waals surface area contributed by atoms with Crippen molar-refractivity contribution in [2.24, 2.45) is 0 Å². The highest BCUT2D eigenvalue weighted by atomic mass is 19.4. The summed E-state index contributed by atoms with van der Waals surface area (Å²) < 4.78 is 38.4. The number of hydrogen-bond donors (Lipinski definition) is 1. The average molecular weight is 331 g/mol. The number of anilines is 1. The number of hydrogen-bond acceptors (Lipinski definition) is 2. The normalized spacial score (nSPS) is 15.4. The van der Waals surface area contributed by atoms with Crippen LogP contribution in [0.2, 0.25) is 0 Å². The second kappa shape index (κ2) is 5.54. The highest BCUT2D eigenvalue weighted by Crippen LogP contribution is 2.32. The maximum absolute atomic E-state index is 12.8. The van der Waals surface area contributed by atoms with Crippen LogP contribution in [0.4, 0.5) is 18.9 Å². The molecule has 0 spiro atoms. The van der Waals surface area contributed by atoms with Crippen LogP contribution in [0.25, 0.3) is 22.4 Å². The fourth-order valence-electron chi connectivity index (χ4n) is 3.13. The molecular formula is C18H16F3N3. The summed E-state index contributed by atoms with van der Waals surface area (Å²) in [5.41, 5.74) is 2.29. The van der Waals surface area contributed by atoms with Crippen molar-refractivity contribution in [1.29, 1.82) is 0 Å². The smallest absolute Gasteiger partial charge is 0.372 e. The molecule has 0 unspecified atom stereocenters. The molecule has 0 amide bonds. The van der Waals surface area contributed by atoms with Gasteiger partial charge in [-0.05, 0) is 55.3 Å². The Morgan fingerprint density at radius 2 is 1.67 bits per heavy atom. The molecule has 0 saturated carbocycles. The van der Waals surface area contributed by atoms with E-state index in [1.54, 1.807) is 0 Å². The minimum absolute atomic E-state index is 0.392. The molecule has 0 bridgehead atoms. The van der Waals surface area contributed by atoms with Gasteiger partial charge in [0.25, 0.3) is 0 Å². The number of rotatable bonds is 2. The van der Waals surface area contributed by atoms with Crippen LogP contribution in [0.15, 0.2) is 42.5 Å². The molecule has 0 atom stereocenters. The average Bonchev–Trinajstić information content (AvgIpc) is 3.23. The molecule has 3 nitrogen and oxygen atoms in total. The number of benzene rings is 2. The first-order valence-corrected chi connectivity index (χ1v) is 7.93. The van der Waals surface area contributed by atoms with Crippen LogP contribution in [-0.4, -0.2) is 23.1 Å². The lowest BCUT2D eigenvalue weighted by atomic mass is 10.2. The minimum Gasteiger partial charge on any atom is -0.372 e. The van der Waals surface area contributed by atoms with Gasteiger partial charge in [-0.25, -0.2) is 4.98 Å². The summed E-state index contributed by atoms with van der Waals surface area (Å²) in [6.45, 7) is 2.15. The fraction of sp³-hybridized carbons (Fsp3) is 0.278. The number of H-pyrrole nitrogens is 1. The zero-order valence-electron chi connectivity index (χ0n) is 12.9. The molecule has 1 saturated heterocycles. The molecule has 2 aromatic carbocycles. The van der Waals surface area contributed by atoms with Crippen LogP contribution in [0.1, 0.15) is 18.4 Å². The molecule has 6 heteroatoms. The maximum atomic E-state index is 12.8. The molecular weight excluding hydrogens is 315 g/mol. The minimum atomic E-state index is -4.35. The van der Waals surface area contributed by atoms with E-state index in [4.69, 9.17) is 0 Å². The van der Waals surface area contributed by atoms with Gasteiger partial charge in [0.1, 0.15) is 5.82 Å². The molecule has 1 N–H and O–H groups in total. The first-order chi connectivity index (χ1) is 11.5. The Morgan fingerprint density at radius 3 is 2.33 bits per heavy atom. The summed E-state index contributed by atoms with van der Waals surface area (Å²) in [5, 5.41) is 0. The van der Waals surface area contributed by atoms with E-state index < -0.39 is 11.7 Å². The van der Waals surface area contributed by atoms with Gasteiger partial charge in [-0.1, -0.05) is 0 Å². The SMILES string of the molecule is FC(F)(F)c1ccc2nc(-c3ccc(N4CCCC4)cc3)[nH]c2c1. The predicted octanol–water partition coefficient (Wildman–Crippen LogP) is 4.85. The predicted molar refractivity (Wildman–Crippen MR) is 88.0 cm³/mol. The Bertz CT molecular complexity index is 859. The van der Waals surface area contributed by atoms with Gasteiger partial charge in [0.2, 0.25) is 0 Å². The summed E-state index contributed by atoms with van der Waals surface area (Å²) in [4.78, 5) is 9.72. The molecule has 0 aliphatic carbocycles. The van der Waals surface area contributed by atoms with Gasteiger partial charge in [-0.2, -0.15) is 13.2 Å². The maximum Gasteiger partial charge on any atom is 0.416 e. The van der Waals surface area contributed by atoms with Crippen LogP contribution < -0.4 is 4.90 Å². The van der Waals surface area contributed by atoms with Crippen molar-refractivity contribution in [3.8, 4) is 11.4 Å². The van der Waals surface area contributed by atoms with Crippen molar-refractivity contribution in [1.82, 2.24) is 9.97 Å². The van der Waals surface area contributed by atoms with Crippen molar-refractivity contribution >= 4 is 16.7 Å². The van der Waals surface area contributed by atoms with Crippen LogP contribution in [0.3, 0.4) is 0 Å². The van der Waals surface area contributed by atoms with E-state index in [0.29, 0.717) is 16.9 Å². The van der Waals surface area contributed by atoms with Crippen molar-refractivity contribution in [2.75, 3.05) is 18.0 Å². The summed E-state index contributed by atoms with van der Waals surface area (Å²) in [5.74, 6) is 0.581. The van der Waals surface area contributed by atoms with Crippen LogP contribution in [0.5, 0.6) is 0 Å². The van der Waals surface area contributed by atoms with Crippen LogP contribution in [0, 0.1) is 0 Å². The van der Waals surface area contributed by atoms with E-state index in [9.17, 15) is 13.2 Å². The number of imidazole rings is 1. The number of aromatic nitrogens is 2. The van der Waals surface area contributed by atoms with Gasteiger partial charge in [0.15, 0.2) is 0 Å². The lowest BCUT2D eigenvalue weighted by molar-refractivity contribution is -0.137. The van der Waals surface area contributed by atoms with E-state index in [-0.39, 0.29) is 0 Å². The summed E-state index contributed by atoms with van der Waals surface area (Å²) in [7, 11) is 0. The van der Waals surface area contributed by atoms with Gasteiger partial charge < -0.3 is 9.88 Å². The zero-order chi connectivity index (χ0) is 16.7. The number of nitrogens with zero attached hydrogens (tertiary/aromatic N) is 2. The topological polar surface area (TPSA) is 31.9 Å². The number of nitrogens with one attached hydrogen (secondary N) is 1. The Labute approximate surface area is 137 Å².